The van der Waals surface area contributed by atoms with Crippen LogP contribution in [0.4, 0.5) is 0 Å². The highest BCUT2D eigenvalue weighted by atomic mass is 16.5. The van der Waals surface area contributed by atoms with Crippen LogP contribution in [-0.2, 0) is 10.2 Å². The third-order valence-electron chi connectivity index (χ3n) is 3.64. The number of hydrogen-bond donors (Lipinski definition) is 0. The first-order valence-corrected chi connectivity index (χ1v) is 7.89. The van der Waals surface area contributed by atoms with Gasteiger partial charge in [-0.25, -0.2) is 0 Å². The summed E-state index contributed by atoms with van der Waals surface area (Å²) >= 11 is 0. The van der Waals surface area contributed by atoms with E-state index in [4.69, 9.17) is 4.74 Å². The molecule has 0 atom stereocenters. The number of carbonyl (C=O) groups is 1. The zero-order valence-electron chi connectivity index (χ0n) is 14.1. The van der Waals surface area contributed by atoms with Crippen molar-refractivity contribution >= 4 is 5.91 Å². The first kappa shape index (κ1) is 17.5. The summed E-state index contributed by atoms with van der Waals surface area (Å²) in [4.78, 5) is 13.7. The van der Waals surface area contributed by atoms with Crippen LogP contribution in [0.25, 0.3) is 0 Å². The van der Waals surface area contributed by atoms with Gasteiger partial charge in [0, 0.05) is 19.5 Å². The Labute approximate surface area is 129 Å². The average molecular weight is 291 g/mol. The monoisotopic (exact) mass is 291 g/mol. The first-order chi connectivity index (χ1) is 9.88. The van der Waals surface area contributed by atoms with E-state index in [-0.39, 0.29) is 11.3 Å². The van der Waals surface area contributed by atoms with E-state index in [1.54, 1.807) is 0 Å². The molecule has 1 amide bonds. The maximum Gasteiger partial charge on any atom is 0.222 e. The van der Waals surface area contributed by atoms with Crippen LogP contribution in [0.1, 0.15) is 53.0 Å². The highest BCUT2D eigenvalue weighted by Crippen LogP contribution is 2.24. The Bertz CT molecular complexity index is 428. The topological polar surface area (TPSA) is 29.5 Å². The Morgan fingerprint density at radius 2 is 1.67 bits per heavy atom. The molecule has 1 aromatic carbocycles. The van der Waals surface area contributed by atoms with Crippen molar-refractivity contribution in [1.82, 2.24) is 4.90 Å². The third kappa shape index (κ3) is 5.78. The van der Waals surface area contributed by atoms with Gasteiger partial charge in [-0.3, -0.25) is 4.79 Å². The molecule has 118 valence electrons. The minimum absolute atomic E-state index is 0.161. The SMILES string of the molecule is CCN(CC)C(=O)CCCOc1ccc(C(C)(C)C)cc1. The fourth-order valence-corrected chi connectivity index (χ4v) is 2.20. The molecule has 0 N–H and O–H groups in total. The van der Waals surface area contributed by atoms with Crippen LogP contribution in [0.5, 0.6) is 5.75 Å². The van der Waals surface area contributed by atoms with Crippen molar-refractivity contribution in [2.24, 2.45) is 0 Å². The number of rotatable bonds is 7. The van der Waals surface area contributed by atoms with E-state index in [2.05, 4.69) is 32.9 Å². The number of ether oxygens (including phenoxy) is 1. The van der Waals surface area contributed by atoms with Crippen LogP contribution < -0.4 is 4.74 Å². The Kier molecular flexibility index (Phi) is 6.73. The molecule has 0 fully saturated rings. The van der Waals surface area contributed by atoms with Gasteiger partial charge in [0.25, 0.3) is 0 Å². The number of carbonyl (C=O) groups excluding carboxylic acids is 1. The van der Waals surface area contributed by atoms with Crippen molar-refractivity contribution in [2.75, 3.05) is 19.7 Å². The molecule has 3 nitrogen and oxygen atoms in total. The average Bonchev–Trinajstić information content (AvgIpc) is 2.44. The van der Waals surface area contributed by atoms with E-state index >= 15 is 0 Å². The zero-order valence-corrected chi connectivity index (χ0v) is 14.1. The predicted molar refractivity (Wildman–Crippen MR) is 87.8 cm³/mol. The lowest BCUT2D eigenvalue weighted by Crippen LogP contribution is -2.30. The summed E-state index contributed by atoms with van der Waals surface area (Å²) in [5.74, 6) is 1.09. The Hall–Kier alpha value is -1.51. The summed E-state index contributed by atoms with van der Waals surface area (Å²) in [7, 11) is 0. The second kappa shape index (κ2) is 8.06. The summed E-state index contributed by atoms with van der Waals surface area (Å²) < 4.78 is 5.70. The molecule has 0 aliphatic carbocycles. The molecule has 0 radical (unpaired) electrons. The van der Waals surface area contributed by atoms with Gasteiger partial charge in [0.05, 0.1) is 6.61 Å². The zero-order chi connectivity index (χ0) is 15.9. The highest BCUT2D eigenvalue weighted by Gasteiger charge is 2.13. The molecule has 3 heteroatoms. The molecule has 0 saturated carbocycles. The van der Waals surface area contributed by atoms with Gasteiger partial charge in [-0.05, 0) is 43.4 Å². The van der Waals surface area contributed by atoms with Gasteiger partial charge in [-0.1, -0.05) is 32.9 Å². The van der Waals surface area contributed by atoms with Crippen LogP contribution in [0.2, 0.25) is 0 Å². The van der Waals surface area contributed by atoms with Crippen molar-refractivity contribution in [3.8, 4) is 5.75 Å². The Morgan fingerprint density at radius 1 is 1.10 bits per heavy atom. The van der Waals surface area contributed by atoms with E-state index in [1.165, 1.54) is 5.56 Å². The fraction of sp³-hybridized carbons (Fsp3) is 0.611. The molecule has 0 aromatic heterocycles. The maximum atomic E-state index is 11.8. The highest BCUT2D eigenvalue weighted by molar-refractivity contribution is 5.76. The van der Waals surface area contributed by atoms with Gasteiger partial charge in [-0.15, -0.1) is 0 Å². The van der Waals surface area contributed by atoms with E-state index in [1.807, 2.05) is 30.9 Å². The Balaban J connectivity index is 2.35. The van der Waals surface area contributed by atoms with Crippen molar-refractivity contribution in [1.29, 1.82) is 0 Å². The van der Waals surface area contributed by atoms with E-state index < -0.39 is 0 Å². The van der Waals surface area contributed by atoms with Crippen molar-refractivity contribution in [2.45, 2.75) is 52.9 Å². The summed E-state index contributed by atoms with van der Waals surface area (Å²) in [6.07, 6.45) is 1.32. The normalized spacial score (nSPS) is 11.3. The largest absolute Gasteiger partial charge is 0.494 e. The summed E-state index contributed by atoms with van der Waals surface area (Å²) in [5.41, 5.74) is 1.46. The molecule has 1 rings (SSSR count). The molecule has 0 unspecified atom stereocenters. The molecule has 1 aromatic rings. The van der Waals surface area contributed by atoms with E-state index in [9.17, 15) is 4.79 Å². The number of nitrogens with zero attached hydrogens (tertiary/aromatic N) is 1. The van der Waals surface area contributed by atoms with Crippen LogP contribution in [0.3, 0.4) is 0 Å². The summed E-state index contributed by atoms with van der Waals surface area (Å²) in [6.45, 7) is 12.8. The third-order valence-corrected chi connectivity index (χ3v) is 3.64. The van der Waals surface area contributed by atoms with Gasteiger partial charge < -0.3 is 9.64 Å². The molecule has 21 heavy (non-hydrogen) atoms. The molecule has 0 bridgehead atoms. The molecular weight excluding hydrogens is 262 g/mol. The van der Waals surface area contributed by atoms with Crippen molar-refractivity contribution < 1.29 is 9.53 Å². The molecular formula is C18H29NO2. The van der Waals surface area contributed by atoms with Crippen LogP contribution >= 0.6 is 0 Å². The molecule has 0 aliphatic heterocycles. The van der Waals surface area contributed by atoms with Crippen molar-refractivity contribution in [3.05, 3.63) is 29.8 Å². The second-order valence-electron chi connectivity index (χ2n) is 6.29. The molecule has 0 spiro atoms. The lowest BCUT2D eigenvalue weighted by Gasteiger charge is -2.19. The Morgan fingerprint density at radius 3 is 2.14 bits per heavy atom. The number of benzene rings is 1. The molecule has 0 heterocycles. The smallest absolute Gasteiger partial charge is 0.222 e. The van der Waals surface area contributed by atoms with Gasteiger partial charge in [0.15, 0.2) is 0 Å². The van der Waals surface area contributed by atoms with E-state index in [0.717, 1.165) is 25.3 Å². The predicted octanol–water partition coefficient (Wildman–Crippen LogP) is 4.01. The van der Waals surface area contributed by atoms with Crippen molar-refractivity contribution in [3.63, 3.8) is 0 Å². The lowest BCUT2D eigenvalue weighted by atomic mass is 9.87. The van der Waals surface area contributed by atoms with E-state index in [0.29, 0.717) is 13.0 Å². The first-order valence-electron chi connectivity index (χ1n) is 7.89. The summed E-state index contributed by atoms with van der Waals surface area (Å²) in [6, 6.07) is 8.23. The quantitative estimate of drug-likeness (QED) is 0.710. The fourth-order valence-electron chi connectivity index (χ4n) is 2.20. The van der Waals surface area contributed by atoms with Crippen LogP contribution in [-0.4, -0.2) is 30.5 Å². The van der Waals surface area contributed by atoms with Crippen LogP contribution in [0.15, 0.2) is 24.3 Å². The second-order valence-corrected chi connectivity index (χ2v) is 6.29. The molecule has 0 aliphatic rings. The molecule has 0 saturated heterocycles. The lowest BCUT2D eigenvalue weighted by molar-refractivity contribution is -0.131. The minimum Gasteiger partial charge on any atom is -0.494 e. The summed E-state index contributed by atoms with van der Waals surface area (Å²) in [5, 5.41) is 0. The van der Waals surface area contributed by atoms with Gasteiger partial charge in [0.1, 0.15) is 5.75 Å². The van der Waals surface area contributed by atoms with Gasteiger partial charge >= 0.3 is 0 Å². The minimum atomic E-state index is 0.161. The maximum absolute atomic E-state index is 11.8. The standard InChI is InChI=1S/C18H29NO2/c1-6-19(7-2)17(20)9-8-14-21-16-12-10-15(11-13-16)18(3,4)5/h10-13H,6-9,14H2,1-5H3. The number of amides is 1. The number of hydrogen-bond acceptors (Lipinski definition) is 2. The van der Waals surface area contributed by atoms with Gasteiger partial charge in [-0.2, -0.15) is 0 Å². The van der Waals surface area contributed by atoms with Gasteiger partial charge in [0.2, 0.25) is 5.91 Å². The van der Waals surface area contributed by atoms with Crippen LogP contribution in [0, 0.1) is 0 Å².